The van der Waals surface area contributed by atoms with Crippen LogP contribution in [0.15, 0.2) is 0 Å². The molecule has 0 aromatic rings. The monoisotopic (exact) mass is 256 g/mol. The summed E-state index contributed by atoms with van der Waals surface area (Å²) in [6.07, 6.45) is 4.18. The van der Waals surface area contributed by atoms with E-state index >= 15 is 0 Å². The Morgan fingerprint density at radius 1 is 1.50 bits per heavy atom. The van der Waals surface area contributed by atoms with Crippen LogP contribution in [0.2, 0.25) is 0 Å². The summed E-state index contributed by atoms with van der Waals surface area (Å²) in [7, 11) is 0. The molecule has 1 heterocycles. The molecule has 104 valence electrons. The minimum absolute atomic E-state index is 0.0273. The first-order chi connectivity index (χ1) is 8.52. The van der Waals surface area contributed by atoms with Crippen molar-refractivity contribution < 1.29 is 14.7 Å². The fourth-order valence-electron chi connectivity index (χ4n) is 2.45. The number of carbonyl (C=O) groups excluding carboxylic acids is 1. The molecular weight excluding hydrogens is 232 g/mol. The maximum Gasteiger partial charge on any atom is 0.306 e. The third-order valence-electron chi connectivity index (χ3n) is 3.64. The molecule has 0 aromatic carbocycles. The van der Waals surface area contributed by atoms with Crippen LogP contribution in [-0.2, 0) is 9.59 Å². The van der Waals surface area contributed by atoms with Gasteiger partial charge in [-0.15, -0.1) is 0 Å². The SMILES string of the molecule is CCCC1(C(=O)NCCC(C)C(=O)O)CCCN1. The third kappa shape index (κ3) is 3.70. The first-order valence-electron chi connectivity index (χ1n) is 6.78. The molecule has 1 rings (SSSR count). The smallest absolute Gasteiger partial charge is 0.306 e. The van der Waals surface area contributed by atoms with Crippen LogP contribution >= 0.6 is 0 Å². The van der Waals surface area contributed by atoms with Gasteiger partial charge in [-0.3, -0.25) is 9.59 Å². The van der Waals surface area contributed by atoms with Crippen molar-refractivity contribution in [3.63, 3.8) is 0 Å². The van der Waals surface area contributed by atoms with Crippen LogP contribution in [0.4, 0.5) is 0 Å². The highest BCUT2D eigenvalue weighted by molar-refractivity contribution is 5.86. The molecule has 2 unspecified atom stereocenters. The van der Waals surface area contributed by atoms with Crippen LogP contribution < -0.4 is 10.6 Å². The fraction of sp³-hybridized carbons (Fsp3) is 0.846. The van der Waals surface area contributed by atoms with Crippen molar-refractivity contribution in [2.45, 2.75) is 51.5 Å². The lowest BCUT2D eigenvalue weighted by Crippen LogP contribution is -2.53. The number of carboxylic acid groups (broad SMARTS) is 1. The Labute approximate surface area is 108 Å². The highest BCUT2D eigenvalue weighted by Gasteiger charge is 2.39. The number of hydrogen-bond acceptors (Lipinski definition) is 3. The molecule has 1 saturated heterocycles. The minimum atomic E-state index is -0.813. The second-order valence-electron chi connectivity index (χ2n) is 5.15. The number of nitrogens with one attached hydrogen (secondary N) is 2. The van der Waals surface area contributed by atoms with E-state index in [9.17, 15) is 9.59 Å². The molecule has 18 heavy (non-hydrogen) atoms. The fourth-order valence-corrected chi connectivity index (χ4v) is 2.45. The molecule has 0 radical (unpaired) electrons. The van der Waals surface area contributed by atoms with E-state index in [0.29, 0.717) is 13.0 Å². The molecule has 1 amide bonds. The maximum atomic E-state index is 12.2. The van der Waals surface area contributed by atoms with E-state index in [-0.39, 0.29) is 5.91 Å². The first-order valence-corrected chi connectivity index (χ1v) is 6.78. The second-order valence-corrected chi connectivity index (χ2v) is 5.15. The number of rotatable bonds is 7. The van der Waals surface area contributed by atoms with Gasteiger partial charge in [0.25, 0.3) is 0 Å². The molecule has 0 aliphatic carbocycles. The first kappa shape index (κ1) is 15.0. The van der Waals surface area contributed by atoms with Crippen molar-refractivity contribution in [1.82, 2.24) is 10.6 Å². The normalized spacial score (nSPS) is 24.8. The van der Waals surface area contributed by atoms with Crippen LogP contribution in [-0.4, -0.2) is 35.6 Å². The summed E-state index contributed by atoms with van der Waals surface area (Å²) in [5.41, 5.74) is -0.415. The number of hydrogen-bond donors (Lipinski definition) is 3. The number of aliphatic carboxylic acids is 1. The van der Waals surface area contributed by atoms with Crippen molar-refractivity contribution in [2.75, 3.05) is 13.1 Å². The zero-order valence-corrected chi connectivity index (χ0v) is 11.3. The summed E-state index contributed by atoms with van der Waals surface area (Å²) in [5.74, 6) is -1.20. The van der Waals surface area contributed by atoms with Crippen LogP contribution in [0.5, 0.6) is 0 Å². The average Bonchev–Trinajstić information content (AvgIpc) is 2.79. The molecule has 1 fully saturated rings. The van der Waals surface area contributed by atoms with E-state index in [1.54, 1.807) is 6.92 Å². The number of carboxylic acids is 1. The predicted octanol–water partition coefficient (Wildman–Crippen LogP) is 1.14. The lowest BCUT2D eigenvalue weighted by Gasteiger charge is -2.28. The standard InChI is InChI=1S/C13H24N2O3/c1-3-6-13(7-4-8-15-13)12(18)14-9-5-10(2)11(16)17/h10,15H,3-9H2,1-2H3,(H,14,18)(H,16,17). The molecule has 0 saturated carbocycles. The van der Waals surface area contributed by atoms with Gasteiger partial charge in [0.15, 0.2) is 0 Å². The highest BCUT2D eigenvalue weighted by Crippen LogP contribution is 2.24. The van der Waals surface area contributed by atoms with E-state index in [1.165, 1.54) is 0 Å². The summed E-state index contributed by atoms with van der Waals surface area (Å²) in [5, 5.41) is 14.9. The van der Waals surface area contributed by atoms with Gasteiger partial charge < -0.3 is 15.7 Å². The molecule has 0 bridgehead atoms. The quantitative estimate of drug-likeness (QED) is 0.638. The lowest BCUT2D eigenvalue weighted by atomic mass is 9.91. The molecule has 0 aromatic heterocycles. The van der Waals surface area contributed by atoms with Crippen LogP contribution in [0.1, 0.15) is 46.0 Å². The summed E-state index contributed by atoms with van der Waals surface area (Å²) < 4.78 is 0. The van der Waals surface area contributed by atoms with Crippen molar-refractivity contribution in [3.8, 4) is 0 Å². The Bertz CT molecular complexity index is 299. The van der Waals surface area contributed by atoms with Gasteiger partial charge in [0, 0.05) is 6.54 Å². The van der Waals surface area contributed by atoms with Gasteiger partial charge in [-0.05, 0) is 32.2 Å². The lowest BCUT2D eigenvalue weighted by molar-refractivity contribution is -0.141. The minimum Gasteiger partial charge on any atom is -0.481 e. The van der Waals surface area contributed by atoms with E-state index in [4.69, 9.17) is 5.11 Å². The zero-order valence-electron chi connectivity index (χ0n) is 11.3. The summed E-state index contributed by atoms with van der Waals surface area (Å²) in [6.45, 7) is 5.05. The average molecular weight is 256 g/mol. The van der Waals surface area contributed by atoms with Gasteiger partial charge in [-0.25, -0.2) is 0 Å². The molecule has 5 nitrogen and oxygen atoms in total. The Kier molecular flexibility index (Phi) is 5.59. The van der Waals surface area contributed by atoms with Crippen molar-refractivity contribution in [2.24, 2.45) is 5.92 Å². The van der Waals surface area contributed by atoms with Gasteiger partial charge >= 0.3 is 5.97 Å². The van der Waals surface area contributed by atoms with Crippen LogP contribution in [0, 0.1) is 5.92 Å². The third-order valence-corrected chi connectivity index (χ3v) is 3.64. The number of amides is 1. The summed E-state index contributed by atoms with van der Waals surface area (Å²) in [6, 6.07) is 0. The van der Waals surface area contributed by atoms with Crippen LogP contribution in [0.3, 0.4) is 0 Å². The van der Waals surface area contributed by atoms with Gasteiger partial charge in [0.2, 0.25) is 5.91 Å². The molecule has 3 N–H and O–H groups in total. The Balaban J connectivity index is 2.41. The predicted molar refractivity (Wildman–Crippen MR) is 69.3 cm³/mol. The van der Waals surface area contributed by atoms with Crippen molar-refractivity contribution in [1.29, 1.82) is 0 Å². The summed E-state index contributed by atoms with van der Waals surface area (Å²) >= 11 is 0. The molecule has 1 aliphatic heterocycles. The second kappa shape index (κ2) is 6.73. The van der Waals surface area contributed by atoms with Crippen LogP contribution in [0.25, 0.3) is 0 Å². The van der Waals surface area contributed by atoms with Gasteiger partial charge in [0.1, 0.15) is 0 Å². The topological polar surface area (TPSA) is 78.4 Å². The largest absolute Gasteiger partial charge is 0.481 e. The van der Waals surface area contributed by atoms with Crippen molar-refractivity contribution >= 4 is 11.9 Å². The van der Waals surface area contributed by atoms with E-state index < -0.39 is 17.4 Å². The van der Waals surface area contributed by atoms with E-state index in [0.717, 1.165) is 32.2 Å². The van der Waals surface area contributed by atoms with E-state index in [2.05, 4.69) is 17.6 Å². The van der Waals surface area contributed by atoms with Crippen molar-refractivity contribution in [3.05, 3.63) is 0 Å². The molecule has 0 spiro atoms. The van der Waals surface area contributed by atoms with Gasteiger partial charge in [-0.1, -0.05) is 20.3 Å². The Morgan fingerprint density at radius 3 is 2.72 bits per heavy atom. The molecule has 2 atom stereocenters. The molecule has 1 aliphatic rings. The molecule has 5 heteroatoms. The highest BCUT2D eigenvalue weighted by atomic mass is 16.4. The van der Waals surface area contributed by atoms with Gasteiger partial charge in [0.05, 0.1) is 11.5 Å². The Morgan fingerprint density at radius 2 is 2.22 bits per heavy atom. The summed E-state index contributed by atoms with van der Waals surface area (Å²) in [4.78, 5) is 22.9. The zero-order chi connectivity index (χ0) is 13.6. The maximum absolute atomic E-state index is 12.2. The molecular formula is C13H24N2O3. The Hall–Kier alpha value is -1.10. The number of carbonyl (C=O) groups is 2. The van der Waals surface area contributed by atoms with Gasteiger partial charge in [-0.2, -0.15) is 0 Å². The van der Waals surface area contributed by atoms with E-state index in [1.807, 2.05) is 0 Å².